The molecule has 0 saturated heterocycles. The second-order valence-electron chi connectivity index (χ2n) is 9.06. The molecule has 0 aliphatic heterocycles. The average molecular weight is 264 g/mol. The van der Waals surface area contributed by atoms with E-state index in [1.807, 2.05) is 0 Å². The Labute approximate surface area is 116 Å². The van der Waals surface area contributed by atoms with Crippen molar-refractivity contribution >= 4 is 0 Å². The summed E-state index contributed by atoms with van der Waals surface area (Å²) in [4.78, 5) is 0. The first-order valence-corrected chi connectivity index (χ1v) is 8.10. The van der Waals surface area contributed by atoms with Crippen LogP contribution < -0.4 is 0 Å². The fourth-order valence-electron chi connectivity index (χ4n) is 6.40. The molecule has 0 aromatic carbocycles. The van der Waals surface area contributed by atoms with Gasteiger partial charge in [0.1, 0.15) is 0 Å². The van der Waals surface area contributed by atoms with Crippen molar-refractivity contribution in [2.75, 3.05) is 0 Å². The molecule has 108 valence electrons. The largest absolute Gasteiger partial charge is 0.393 e. The third-order valence-corrected chi connectivity index (χ3v) is 6.78. The molecular formula is C17H28O2. The number of hydrogen-bond acceptors (Lipinski definition) is 2. The van der Waals surface area contributed by atoms with E-state index in [0.717, 1.165) is 30.1 Å². The van der Waals surface area contributed by atoms with E-state index in [4.69, 9.17) is 4.74 Å². The van der Waals surface area contributed by atoms with E-state index < -0.39 is 0 Å². The summed E-state index contributed by atoms with van der Waals surface area (Å²) in [5.41, 5.74) is 0.332. The molecule has 0 amide bonds. The van der Waals surface area contributed by atoms with Gasteiger partial charge in [-0.1, -0.05) is 13.8 Å². The number of ether oxygens (including phenoxy) is 1. The molecule has 1 N–H and O–H groups in total. The average Bonchev–Trinajstić information content (AvgIpc) is 2.80. The Morgan fingerprint density at radius 3 is 2.47 bits per heavy atom. The highest BCUT2D eigenvalue weighted by Crippen LogP contribution is 2.84. The molecule has 5 rings (SSSR count). The van der Waals surface area contributed by atoms with Gasteiger partial charge in [0.05, 0.1) is 17.8 Å². The quantitative estimate of drug-likeness (QED) is 0.788. The topological polar surface area (TPSA) is 29.5 Å². The second-order valence-corrected chi connectivity index (χ2v) is 9.06. The highest BCUT2D eigenvalue weighted by atomic mass is 16.5. The van der Waals surface area contributed by atoms with Gasteiger partial charge in [-0.05, 0) is 74.5 Å². The zero-order valence-electron chi connectivity index (χ0n) is 12.9. The van der Waals surface area contributed by atoms with E-state index in [2.05, 4.69) is 34.6 Å². The zero-order chi connectivity index (χ0) is 13.7. The minimum Gasteiger partial charge on any atom is -0.393 e. The van der Waals surface area contributed by atoms with Gasteiger partial charge in [-0.2, -0.15) is 0 Å². The summed E-state index contributed by atoms with van der Waals surface area (Å²) in [5, 5.41) is 10.4. The van der Waals surface area contributed by atoms with Crippen LogP contribution >= 0.6 is 0 Å². The summed E-state index contributed by atoms with van der Waals surface area (Å²) >= 11 is 0. The lowest BCUT2D eigenvalue weighted by Crippen LogP contribution is -2.36. The van der Waals surface area contributed by atoms with E-state index >= 15 is 0 Å². The molecular weight excluding hydrogens is 236 g/mol. The van der Waals surface area contributed by atoms with Gasteiger partial charge in [-0.3, -0.25) is 0 Å². The van der Waals surface area contributed by atoms with Crippen LogP contribution in [0.3, 0.4) is 0 Å². The second kappa shape index (κ2) is 3.39. The molecule has 0 aromatic heterocycles. The molecule has 6 bridgehead atoms. The first-order chi connectivity index (χ1) is 8.74. The maximum atomic E-state index is 10.4. The molecule has 2 nitrogen and oxygen atoms in total. The van der Waals surface area contributed by atoms with E-state index in [1.54, 1.807) is 0 Å². The van der Waals surface area contributed by atoms with Crippen molar-refractivity contribution in [2.45, 2.75) is 65.3 Å². The maximum Gasteiger partial charge on any atom is 0.0652 e. The van der Waals surface area contributed by atoms with Crippen molar-refractivity contribution in [3.8, 4) is 0 Å². The van der Waals surface area contributed by atoms with E-state index in [1.165, 1.54) is 6.42 Å². The molecule has 2 heteroatoms. The zero-order valence-corrected chi connectivity index (χ0v) is 12.9. The van der Waals surface area contributed by atoms with Gasteiger partial charge in [-0.25, -0.2) is 0 Å². The summed E-state index contributed by atoms with van der Waals surface area (Å²) in [6.07, 6.45) is 2.62. The summed E-state index contributed by atoms with van der Waals surface area (Å²) in [6.45, 7) is 11.2. The summed E-state index contributed by atoms with van der Waals surface area (Å²) in [7, 11) is 0. The van der Waals surface area contributed by atoms with Crippen LogP contribution in [-0.2, 0) is 4.74 Å². The van der Waals surface area contributed by atoms with Crippen LogP contribution in [0.4, 0.5) is 0 Å². The molecule has 9 atom stereocenters. The lowest BCUT2D eigenvalue weighted by Gasteiger charge is -2.35. The molecule has 5 aliphatic carbocycles. The third-order valence-electron chi connectivity index (χ3n) is 6.78. The molecule has 0 aromatic rings. The minimum atomic E-state index is -0.0897. The Morgan fingerprint density at radius 1 is 1.16 bits per heavy atom. The van der Waals surface area contributed by atoms with Crippen LogP contribution in [0.15, 0.2) is 0 Å². The van der Waals surface area contributed by atoms with Crippen molar-refractivity contribution in [2.24, 2.45) is 40.9 Å². The lowest BCUT2D eigenvalue weighted by molar-refractivity contribution is -0.0907. The fourth-order valence-corrected chi connectivity index (χ4v) is 6.40. The molecule has 5 saturated carbocycles. The van der Waals surface area contributed by atoms with Crippen molar-refractivity contribution in [3.05, 3.63) is 0 Å². The van der Waals surface area contributed by atoms with E-state index in [-0.39, 0.29) is 11.7 Å². The molecule has 5 aliphatic rings. The Kier molecular flexibility index (Phi) is 2.25. The van der Waals surface area contributed by atoms with Crippen LogP contribution in [0.5, 0.6) is 0 Å². The standard InChI is InChI=1S/C17H28O2/c1-8-6-9-11-12-14(11)17(5,7-10(8)18)13(9)15(12)19-16(2,3)4/h8-15,18H,6-7H2,1-5H3/t8-,9-,10-,11+,12-,13-,14+,15+,17-/m0/s1. The van der Waals surface area contributed by atoms with Gasteiger partial charge in [0.2, 0.25) is 0 Å². The third kappa shape index (κ3) is 1.45. The Bertz CT molecular complexity index is 412. The van der Waals surface area contributed by atoms with Crippen LogP contribution in [0.1, 0.15) is 47.5 Å². The van der Waals surface area contributed by atoms with Gasteiger partial charge in [0.25, 0.3) is 0 Å². The fraction of sp³-hybridized carbons (Fsp3) is 1.00. The van der Waals surface area contributed by atoms with Crippen LogP contribution in [-0.4, -0.2) is 22.9 Å². The molecule has 0 spiro atoms. The Balaban J connectivity index is 1.67. The predicted octanol–water partition coefficient (Wildman–Crippen LogP) is 3.09. The highest BCUT2D eigenvalue weighted by Gasteiger charge is 2.83. The Morgan fingerprint density at radius 2 is 1.84 bits per heavy atom. The van der Waals surface area contributed by atoms with Gasteiger partial charge in [0.15, 0.2) is 0 Å². The smallest absolute Gasteiger partial charge is 0.0652 e. The van der Waals surface area contributed by atoms with Crippen molar-refractivity contribution in [1.29, 1.82) is 0 Å². The van der Waals surface area contributed by atoms with Crippen molar-refractivity contribution < 1.29 is 9.84 Å². The summed E-state index contributed by atoms with van der Waals surface area (Å²) in [6, 6.07) is 0. The SMILES string of the molecule is C[C@H]1C[C@H]2[C@@H]3[C@@H]4[C@@H](OC(C)(C)C)[C@H]2[C@](C)(C[C@@H]1O)[C@H]34. The number of aliphatic hydroxyl groups is 1. The molecule has 19 heavy (non-hydrogen) atoms. The Hall–Kier alpha value is -0.0800. The van der Waals surface area contributed by atoms with E-state index in [9.17, 15) is 5.11 Å². The van der Waals surface area contributed by atoms with Crippen LogP contribution in [0, 0.1) is 40.9 Å². The van der Waals surface area contributed by atoms with Gasteiger partial charge in [0, 0.05) is 0 Å². The number of rotatable bonds is 1. The molecule has 0 unspecified atom stereocenters. The first-order valence-electron chi connectivity index (χ1n) is 8.10. The van der Waals surface area contributed by atoms with Gasteiger partial charge < -0.3 is 9.84 Å². The number of hydrogen-bond donors (Lipinski definition) is 1. The van der Waals surface area contributed by atoms with Gasteiger partial charge in [-0.15, -0.1) is 0 Å². The van der Waals surface area contributed by atoms with E-state index in [0.29, 0.717) is 23.4 Å². The minimum absolute atomic E-state index is 0.0287. The molecule has 0 radical (unpaired) electrons. The first kappa shape index (κ1) is 12.6. The maximum absolute atomic E-state index is 10.4. The number of aliphatic hydroxyl groups excluding tert-OH is 1. The molecule has 5 fully saturated rings. The summed E-state index contributed by atoms with van der Waals surface area (Å²) in [5.74, 6) is 4.63. The van der Waals surface area contributed by atoms with Gasteiger partial charge >= 0.3 is 0 Å². The molecule has 0 heterocycles. The van der Waals surface area contributed by atoms with Crippen molar-refractivity contribution in [3.63, 3.8) is 0 Å². The van der Waals surface area contributed by atoms with Crippen molar-refractivity contribution in [1.82, 2.24) is 0 Å². The normalized spacial score (nSPS) is 62.2. The van der Waals surface area contributed by atoms with Crippen LogP contribution in [0.25, 0.3) is 0 Å². The highest BCUT2D eigenvalue weighted by molar-refractivity contribution is 5.30. The van der Waals surface area contributed by atoms with Crippen LogP contribution in [0.2, 0.25) is 0 Å². The summed E-state index contributed by atoms with van der Waals surface area (Å²) < 4.78 is 6.45. The predicted molar refractivity (Wildman–Crippen MR) is 74.6 cm³/mol. The lowest BCUT2D eigenvalue weighted by atomic mass is 9.75. The monoisotopic (exact) mass is 264 g/mol.